The van der Waals surface area contributed by atoms with Crippen molar-refractivity contribution in [3.05, 3.63) is 0 Å². The molecule has 0 saturated carbocycles. The Morgan fingerprint density at radius 3 is 1.26 bits per heavy atom. The van der Waals surface area contributed by atoms with Crippen molar-refractivity contribution < 1.29 is 14.3 Å². The standard InChI is InChI=1S/C8H19N4.5CH3.ClH.Ti/c1-2-10-5-6-12-8-7-11-4-3-9-1;;;;;;;/h9-11H,1-8H2;5*1H3;1H;/q-1;;;;;;;+1. The van der Waals surface area contributed by atoms with Crippen LogP contribution >= 0.6 is 12.4 Å². The summed E-state index contributed by atoms with van der Waals surface area (Å²) in [6, 6.07) is 0. The molecule has 0 bridgehead atoms. The summed E-state index contributed by atoms with van der Waals surface area (Å²) < 4.78 is 2.77. The van der Waals surface area contributed by atoms with E-state index in [4.69, 9.17) is 0 Å². The first-order chi connectivity index (χ1) is 8.09. The quantitative estimate of drug-likeness (QED) is 0.642. The summed E-state index contributed by atoms with van der Waals surface area (Å²) in [6.45, 7) is 8.82. The molecule has 3 N–H and O–H groups in total. The SMILES string of the molecule is Cl.[CH3][Ti]([CH3])([CH3])([CH3])([CH3])[N]1CCNCCNCCNCC1. The molecule has 1 saturated heterocycles. The first-order valence-electron chi connectivity index (χ1n) is 7.48. The molecule has 0 aliphatic carbocycles. The molecule has 6 heteroatoms. The van der Waals surface area contributed by atoms with Crippen molar-refractivity contribution in [2.45, 2.75) is 26.1 Å². The van der Waals surface area contributed by atoms with Crippen LogP contribution in [0.1, 0.15) is 0 Å². The van der Waals surface area contributed by atoms with E-state index < -0.39 is 14.3 Å². The van der Waals surface area contributed by atoms with E-state index in [2.05, 4.69) is 45.5 Å². The van der Waals surface area contributed by atoms with E-state index in [-0.39, 0.29) is 12.4 Å². The minimum absolute atomic E-state index is 0. The Bertz CT molecular complexity index is 250. The van der Waals surface area contributed by atoms with E-state index in [9.17, 15) is 0 Å². The van der Waals surface area contributed by atoms with Crippen LogP contribution in [0.5, 0.6) is 0 Å². The number of nitrogens with zero attached hydrogens (tertiary/aromatic N) is 1. The van der Waals surface area contributed by atoms with Gasteiger partial charge in [0.2, 0.25) is 0 Å². The average Bonchev–Trinajstić information content (AvgIpc) is 2.14. The van der Waals surface area contributed by atoms with Crippen molar-refractivity contribution >= 4 is 12.4 Å². The first kappa shape index (κ1) is 19.8. The normalized spacial score (nSPS) is 25.1. The van der Waals surface area contributed by atoms with Crippen molar-refractivity contribution in [1.82, 2.24) is 19.3 Å². The van der Waals surface area contributed by atoms with Gasteiger partial charge in [0.25, 0.3) is 0 Å². The van der Waals surface area contributed by atoms with E-state index in [1.54, 1.807) is 0 Å². The van der Waals surface area contributed by atoms with Gasteiger partial charge in [0, 0.05) is 0 Å². The topological polar surface area (TPSA) is 39.3 Å². The van der Waals surface area contributed by atoms with Gasteiger partial charge in [-0.3, -0.25) is 0 Å². The van der Waals surface area contributed by atoms with Gasteiger partial charge in [-0.15, -0.1) is 12.4 Å². The van der Waals surface area contributed by atoms with Gasteiger partial charge in [-0.2, -0.15) is 0 Å². The van der Waals surface area contributed by atoms with Gasteiger partial charge in [-0.05, 0) is 0 Å². The summed E-state index contributed by atoms with van der Waals surface area (Å²) in [5.41, 5.74) is 0. The molecule has 1 rings (SSSR count). The van der Waals surface area contributed by atoms with E-state index in [0.29, 0.717) is 0 Å². The van der Waals surface area contributed by atoms with E-state index in [0.717, 1.165) is 39.3 Å². The number of nitrogens with one attached hydrogen (secondary N) is 3. The van der Waals surface area contributed by atoms with Gasteiger partial charge in [0.1, 0.15) is 0 Å². The third kappa shape index (κ3) is 8.66. The Labute approximate surface area is 124 Å². The van der Waals surface area contributed by atoms with Gasteiger partial charge in [0.15, 0.2) is 0 Å². The second-order valence-electron chi connectivity index (χ2n) is 9.36. The van der Waals surface area contributed by atoms with Crippen molar-refractivity contribution in [1.29, 1.82) is 0 Å². The molecule has 4 nitrogen and oxygen atoms in total. The molecule has 1 fully saturated rings. The number of hydrogen-bond donors (Lipinski definition) is 3. The fourth-order valence-electron chi connectivity index (χ4n) is 2.39. The molecule has 0 aromatic rings. The predicted molar refractivity (Wildman–Crippen MR) is 86.8 cm³/mol. The Hall–Kier alpha value is 0.844. The molecule has 19 heavy (non-hydrogen) atoms. The van der Waals surface area contributed by atoms with Gasteiger partial charge >= 0.3 is 112 Å². The van der Waals surface area contributed by atoms with Gasteiger partial charge < -0.3 is 0 Å². The first-order valence-corrected chi connectivity index (χ1v) is 16.0. The van der Waals surface area contributed by atoms with Crippen LogP contribution in [0.4, 0.5) is 0 Å². The fourth-order valence-corrected chi connectivity index (χ4v) is 6.23. The predicted octanol–water partition coefficient (Wildman–Crippen LogP) is 1.87. The molecule has 118 valence electrons. The Morgan fingerprint density at radius 1 is 0.632 bits per heavy atom. The van der Waals surface area contributed by atoms with Crippen molar-refractivity contribution in [3.8, 4) is 0 Å². The van der Waals surface area contributed by atoms with E-state index in [1.807, 2.05) is 0 Å². The Morgan fingerprint density at radius 2 is 0.947 bits per heavy atom. The fraction of sp³-hybridized carbons (Fsp3) is 1.00. The Kier molecular flexibility index (Phi) is 7.04. The molecule has 0 aromatic carbocycles. The molecule has 0 radical (unpaired) electrons. The minimum atomic E-state index is -2.89. The molecule has 0 spiro atoms. The molecular weight excluding hydrogens is 295 g/mol. The van der Waals surface area contributed by atoms with Gasteiger partial charge in [-0.1, -0.05) is 0 Å². The van der Waals surface area contributed by atoms with Crippen molar-refractivity contribution in [2.75, 3.05) is 52.4 Å². The number of rotatable bonds is 1. The maximum atomic E-state index is 3.55. The molecule has 1 aliphatic rings. The third-order valence-electron chi connectivity index (χ3n) is 3.66. The summed E-state index contributed by atoms with van der Waals surface area (Å²) in [4.78, 5) is 0. The Balaban J connectivity index is 0.00000324. The number of hydrogen-bond acceptors (Lipinski definition) is 4. The van der Waals surface area contributed by atoms with Crippen molar-refractivity contribution in [3.63, 3.8) is 0 Å². The second kappa shape index (κ2) is 6.74. The number of halogens is 1. The monoisotopic (exact) mass is 330 g/mol. The van der Waals surface area contributed by atoms with Crippen LogP contribution in [0.3, 0.4) is 0 Å². The summed E-state index contributed by atoms with van der Waals surface area (Å²) in [5, 5.41) is 23.1. The zero-order valence-electron chi connectivity index (χ0n) is 13.5. The summed E-state index contributed by atoms with van der Waals surface area (Å²) in [6.07, 6.45) is 0. The van der Waals surface area contributed by atoms with Crippen LogP contribution < -0.4 is 16.0 Å². The summed E-state index contributed by atoms with van der Waals surface area (Å²) in [5.74, 6) is 0. The van der Waals surface area contributed by atoms with E-state index >= 15 is 0 Å². The molecule has 1 heterocycles. The zero-order valence-corrected chi connectivity index (χ0v) is 15.9. The molecule has 0 unspecified atom stereocenters. The summed E-state index contributed by atoms with van der Waals surface area (Å²) >= 11 is -2.89. The van der Waals surface area contributed by atoms with Crippen LogP contribution in [0.15, 0.2) is 0 Å². The van der Waals surface area contributed by atoms with Gasteiger partial charge in [-0.25, -0.2) is 0 Å². The van der Waals surface area contributed by atoms with Crippen LogP contribution in [-0.2, 0) is 14.3 Å². The second-order valence-corrected chi connectivity index (χ2v) is 29.4. The van der Waals surface area contributed by atoms with Crippen molar-refractivity contribution in [2.24, 2.45) is 0 Å². The molecule has 0 amide bonds. The maximum absolute atomic E-state index is 3.55. The average molecular weight is 331 g/mol. The molecule has 1 aliphatic heterocycles. The molecular formula is C13H35ClN4Ti. The molecule has 0 atom stereocenters. The molecule has 0 aromatic heterocycles. The third-order valence-corrected chi connectivity index (χ3v) is 9.29. The van der Waals surface area contributed by atoms with Crippen LogP contribution in [0.2, 0.25) is 26.1 Å². The van der Waals surface area contributed by atoms with Gasteiger partial charge in [0.05, 0.1) is 0 Å². The van der Waals surface area contributed by atoms with Crippen LogP contribution in [0, 0.1) is 0 Å². The summed E-state index contributed by atoms with van der Waals surface area (Å²) in [7, 11) is 0. The van der Waals surface area contributed by atoms with E-state index in [1.165, 1.54) is 13.1 Å². The van der Waals surface area contributed by atoms with Crippen LogP contribution in [-0.4, -0.2) is 55.7 Å². The van der Waals surface area contributed by atoms with Crippen LogP contribution in [0.25, 0.3) is 0 Å². The zero-order chi connectivity index (χ0) is 13.8.